The molecule has 0 aliphatic heterocycles. The van der Waals surface area contributed by atoms with E-state index in [1.807, 2.05) is 37.3 Å². The smallest absolute Gasteiger partial charge is 0.407 e. The van der Waals surface area contributed by atoms with Gasteiger partial charge in [-0.15, -0.1) is 0 Å². The fourth-order valence-corrected chi connectivity index (χ4v) is 2.78. The van der Waals surface area contributed by atoms with Crippen LogP contribution in [0.15, 0.2) is 30.3 Å². The monoisotopic (exact) mass is 334 g/mol. The number of carbonyl (C=O) groups is 1. The summed E-state index contributed by atoms with van der Waals surface area (Å²) in [6, 6.07) is 10.7. The molecule has 0 aromatic heterocycles. The van der Waals surface area contributed by atoms with Crippen LogP contribution >= 0.6 is 0 Å². The summed E-state index contributed by atoms with van der Waals surface area (Å²) in [6.07, 6.45) is 1.54. The number of nitrogens with one attached hydrogen (secondary N) is 2. The van der Waals surface area contributed by atoms with Gasteiger partial charge < -0.3 is 20.1 Å². The van der Waals surface area contributed by atoms with E-state index in [0.717, 1.165) is 31.6 Å². The van der Waals surface area contributed by atoms with E-state index in [9.17, 15) is 4.79 Å². The summed E-state index contributed by atoms with van der Waals surface area (Å²) >= 11 is 0. The summed E-state index contributed by atoms with van der Waals surface area (Å²) in [4.78, 5) is 11.8. The molecule has 2 N–H and O–H groups in total. The van der Waals surface area contributed by atoms with Crippen LogP contribution in [0.1, 0.15) is 39.2 Å². The van der Waals surface area contributed by atoms with Gasteiger partial charge in [0.2, 0.25) is 0 Å². The number of benzene rings is 1. The Morgan fingerprint density at radius 2 is 1.92 bits per heavy atom. The van der Waals surface area contributed by atoms with Gasteiger partial charge in [-0.1, -0.05) is 44.2 Å². The van der Waals surface area contributed by atoms with Crippen LogP contribution in [-0.2, 0) is 16.1 Å². The van der Waals surface area contributed by atoms with Crippen LogP contribution in [-0.4, -0.2) is 37.4 Å². The lowest BCUT2D eigenvalue weighted by molar-refractivity contribution is 0.0889. The standard InChI is InChI=1S/C19H30N2O3/c1-4-23-13-18(14(2)3)20-16-10-17(11-16)21-19(22)24-12-15-8-6-5-7-9-15/h5-9,14,16-18,20H,4,10-13H2,1-3H3,(H,21,22). The largest absolute Gasteiger partial charge is 0.445 e. The molecule has 24 heavy (non-hydrogen) atoms. The molecule has 2 rings (SSSR count). The highest BCUT2D eigenvalue weighted by atomic mass is 16.5. The zero-order valence-corrected chi connectivity index (χ0v) is 15.0. The topological polar surface area (TPSA) is 59.6 Å². The lowest BCUT2D eigenvalue weighted by Crippen LogP contribution is -2.56. The van der Waals surface area contributed by atoms with Crippen molar-refractivity contribution in [2.24, 2.45) is 5.92 Å². The van der Waals surface area contributed by atoms with Crippen molar-refractivity contribution >= 4 is 6.09 Å². The number of hydrogen-bond donors (Lipinski definition) is 2. The zero-order chi connectivity index (χ0) is 17.4. The molecular formula is C19H30N2O3. The van der Waals surface area contributed by atoms with Gasteiger partial charge in [0.15, 0.2) is 0 Å². The Morgan fingerprint density at radius 1 is 1.21 bits per heavy atom. The lowest BCUT2D eigenvalue weighted by atomic mass is 9.85. The maximum Gasteiger partial charge on any atom is 0.407 e. The highest BCUT2D eigenvalue weighted by molar-refractivity contribution is 5.67. The molecule has 1 unspecified atom stereocenters. The van der Waals surface area contributed by atoms with Crippen molar-refractivity contribution in [3.05, 3.63) is 35.9 Å². The molecule has 1 aliphatic rings. The second-order valence-corrected chi connectivity index (χ2v) is 6.75. The van der Waals surface area contributed by atoms with Crippen molar-refractivity contribution < 1.29 is 14.3 Å². The summed E-state index contributed by atoms with van der Waals surface area (Å²) in [5.74, 6) is 0.527. The van der Waals surface area contributed by atoms with Crippen molar-refractivity contribution in [1.29, 1.82) is 0 Å². The molecule has 5 nitrogen and oxygen atoms in total. The van der Waals surface area contributed by atoms with Crippen molar-refractivity contribution in [2.75, 3.05) is 13.2 Å². The maximum absolute atomic E-state index is 11.8. The quantitative estimate of drug-likeness (QED) is 0.728. The summed E-state index contributed by atoms with van der Waals surface area (Å²) < 4.78 is 10.8. The average molecular weight is 334 g/mol. The second kappa shape index (κ2) is 9.64. The van der Waals surface area contributed by atoms with Gasteiger partial charge in [-0.3, -0.25) is 0 Å². The lowest BCUT2D eigenvalue weighted by Gasteiger charge is -2.39. The molecule has 1 aliphatic carbocycles. The first-order chi connectivity index (χ1) is 11.6. The van der Waals surface area contributed by atoms with Crippen LogP contribution in [0.4, 0.5) is 4.79 Å². The van der Waals surface area contributed by atoms with Crippen molar-refractivity contribution in [3.63, 3.8) is 0 Å². The van der Waals surface area contributed by atoms with Crippen LogP contribution in [0, 0.1) is 5.92 Å². The SMILES string of the molecule is CCOCC(NC1CC(NC(=O)OCc2ccccc2)C1)C(C)C. The zero-order valence-electron chi connectivity index (χ0n) is 15.0. The number of ether oxygens (including phenoxy) is 2. The van der Waals surface area contributed by atoms with Gasteiger partial charge in [-0.25, -0.2) is 4.79 Å². The van der Waals surface area contributed by atoms with Crippen molar-refractivity contribution in [1.82, 2.24) is 10.6 Å². The molecule has 1 atom stereocenters. The van der Waals surface area contributed by atoms with Gasteiger partial charge in [0.05, 0.1) is 6.61 Å². The summed E-state index contributed by atoms with van der Waals surface area (Å²) in [5.41, 5.74) is 0.997. The van der Waals surface area contributed by atoms with E-state index in [2.05, 4.69) is 24.5 Å². The van der Waals surface area contributed by atoms with Gasteiger partial charge in [0, 0.05) is 24.7 Å². The average Bonchev–Trinajstić information content (AvgIpc) is 2.54. The Morgan fingerprint density at radius 3 is 2.54 bits per heavy atom. The molecule has 134 valence electrons. The molecule has 1 amide bonds. The van der Waals surface area contributed by atoms with Gasteiger partial charge in [-0.2, -0.15) is 0 Å². The molecule has 0 spiro atoms. The number of rotatable bonds is 9. The number of alkyl carbamates (subject to hydrolysis) is 1. The number of carbonyl (C=O) groups excluding carboxylic acids is 1. The van der Waals surface area contributed by atoms with Gasteiger partial charge >= 0.3 is 6.09 Å². The first kappa shape index (κ1) is 18.7. The molecule has 0 saturated heterocycles. The van der Waals surface area contributed by atoms with Crippen LogP contribution in [0.25, 0.3) is 0 Å². The first-order valence-electron chi connectivity index (χ1n) is 8.89. The predicted octanol–water partition coefficient (Wildman–Crippen LogP) is 3.09. The Labute approximate surface area is 145 Å². The van der Waals surface area contributed by atoms with E-state index in [0.29, 0.717) is 24.6 Å². The van der Waals surface area contributed by atoms with Crippen LogP contribution < -0.4 is 10.6 Å². The minimum absolute atomic E-state index is 0.200. The van der Waals surface area contributed by atoms with Gasteiger partial charge in [0.1, 0.15) is 6.61 Å². The minimum atomic E-state index is -0.336. The molecule has 0 bridgehead atoms. The molecule has 5 heteroatoms. The Kier molecular flexibility index (Phi) is 7.53. The van der Waals surface area contributed by atoms with Crippen molar-refractivity contribution in [2.45, 2.75) is 58.3 Å². The minimum Gasteiger partial charge on any atom is -0.445 e. The summed E-state index contributed by atoms with van der Waals surface area (Å²) in [6.45, 7) is 8.21. The van der Waals surface area contributed by atoms with Crippen LogP contribution in [0.3, 0.4) is 0 Å². The predicted molar refractivity (Wildman–Crippen MR) is 94.8 cm³/mol. The van der Waals surface area contributed by atoms with E-state index < -0.39 is 0 Å². The third kappa shape index (κ3) is 6.13. The van der Waals surface area contributed by atoms with Gasteiger partial charge in [0.25, 0.3) is 0 Å². The van der Waals surface area contributed by atoms with E-state index in [4.69, 9.17) is 9.47 Å². The number of hydrogen-bond acceptors (Lipinski definition) is 4. The fourth-order valence-electron chi connectivity index (χ4n) is 2.78. The molecule has 1 saturated carbocycles. The summed E-state index contributed by atoms with van der Waals surface area (Å²) in [5, 5.41) is 6.56. The fraction of sp³-hybridized carbons (Fsp3) is 0.632. The third-order valence-electron chi connectivity index (χ3n) is 4.43. The Balaban J connectivity index is 1.62. The van der Waals surface area contributed by atoms with Crippen molar-refractivity contribution in [3.8, 4) is 0 Å². The molecular weight excluding hydrogens is 304 g/mol. The summed E-state index contributed by atoms with van der Waals surface area (Å²) in [7, 11) is 0. The maximum atomic E-state index is 11.8. The first-order valence-corrected chi connectivity index (χ1v) is 8.89. The van der Waals surface area contributed by atoms with Gasteiger partial charge in [-0.05, 0) is 31.2 Å². The Bertz CT molecular complexity index is 487. The van der Waals surface area contributed by atoms with E-state index in [1.54, 1.807) is 0 Å². The molecule has 1 aromatic rings. The normalized spacial score (nSPS) is 21.2. The molecule has 1 aromatic carbocycles. The van der Waals surface area contributed by atoms with Crippen LogP contribution in [0.5, 0.6) is 0 Å². The molecule has 1 fully saturated rings. The second-order valence-electron chi connectivity index (χ2n) is 6.75. The molecule has 0 radical (unpaired) electrons. The molecule has 0 heterocycles. The number of amides is 1. The van der Waals surface area contributed by atoms with E-state index >= 15 is 0 Å². The Hall–Kier alpha value is -1.59. The van der Waals surface area contributed by atoms with E-state index in [1.165, 1.54) is 0 Å². The van der Waals surface area contributed by atoms with Crippen LogP contribution in [0.2, 0.25) is 0 Å². The highest BCUT2D eigenvalue weighted by Gasteiger charge is 2.32. The third-order valence-corrected chi connectivity index (χ3v) is 4.43. The van der Waals surface area contributed by atoms with E-state index in [-0.39, 0.29) is 12.1 Å². The highest BCUT2D eigenvalue weighted by Crippen LogP contribution is 2.22.